The summed E-state index contributed by atoms with van der Waals surface area (Å²) in [6, 6.07) is 11.1. The van der Waals surface area contributed by atoms with Gasteiger partial charge in [-0.2, -0.15) is 0 Å². The van der Waals surface area contributed by atoms with Crippen LogP contribution in [0.3, 0.4) is 0 Å². The number of aromatic carboxylic acids is 1. The highest BCUT2D eigenvalue weighted by Crippen LogP contribution is 2.31. The lowest BCUT2D eigenvalue weighted by Gasteiger charge is -2.20. The van der Waals surface area contributed by atoms with Gasteiger partial charge in [0, 0.05) is 24.1 Å². The van der Waals surface area contributed by atoms with Crippen LogP contribution in [-0.2, 0) is 17.9 Å². The molecular formula is C24H26FN3O4. The van der Waals surface area contributed by atoms with E-state index < -0.39 is 11.8 Å². The normalized spacial score (nSPS) is 10.9. The topological polar surface area (TPSA) is 84.7 Å². The number of hydrogen-bond donors (Lipinski definition) is 1. The number of amides is 1. The molecule has 1 aromatic heterocycles. The number of rotatable bonds is 9. The largest absolute Gasteiger partial charge is 0.495 e. The molecule has 3 rings (SSSR count). The molecule has 0 bridgehead atoms. The molecule has 32 heavy (non-hydrogen) atoms. The Morgan fingerprint density at radius 2 is 1.94 bits per heavy atom. The molecule has 2 aromatic carbocycles. The van der Waals surface area contributed by atoms with Crippen LogP contribution in [0, 0.1) is 5.82 Å². The zero-order chi connectivity index (χ0) is 23.4. The van der Waals surface area contributed by atoms with Crippen molar-refractivity contribution in [3.8, 4) is 17.0 Å². The number of imidazole rings is 1. The lowest BCUT2D eigenvalue weighted by atomic mass is 10.1. The standard InChI is InChI=1S/C24H26FN3O4/c1-5-28-22(24(30)31)21(26-23(28)15(2)3)17-8-6-16(7-9-17)13-27(14-29)19-12-18(25)10-11-20(19)32-4/h6-12,14-15H,5,13H2,1-4H3,(H,30,31). The number of methoxy groups -OCH3 is 1. The average molecular weight is 439 g/mol. The molecule has 0 spiro atoms. The SMILES string of the molecule is CCn1c(C(C)C)nc(-c2ccc(CN(C=O)c3cc(F)ccc3OC)cc2)c1C(=O)O. The highest BCUT2D eigenvalue weighted by molar-refractivity contribution is 5.93. The molecule has 0 radical (unpaired) electrons. The maximum Gasteiger partial charge on any atom is 0.354 e. The first kappa shape index (κ1) is 23.0. The van der Waals surface area contributed by atoms with E-state index in [0.29, 0.717) is 41.5 Å². The van der Waals surface area contributed by atoms with E-state index in [2.05, 4.69) is 4.98 Å². The molecule has 1 N–H and O–H groups in total. The monoisotopic (exact) mass is 439 g/mol. The molecular weight excluding hydrogens is 413 g/mol. The van der Waals surface area contributed by atoms with Gasteiger partial charge in [-0.3, -0.25) is 4.79 Å². The fourth-order valence-corrected chi connectivity index (χ4v) is 3.68. The van der Waals surface area contributed by atoms with Crippen LogP contribution in [0.1, 0.15) is 48.6 Å². The fraction of sp³-hybridized carbons (Fsp3) is 0.292. The first-order chi connectivity index (χ1) is 15.3. The number of carboxylic acids is 1. The molecule has 0 fully saturated rings. The van der Waals surface area contributed by atoms with E-state index in [1.807, 2.05) is 20.8 Å². The molecule has 0 unspecified atom stereocenters. The van der Waals surface area contributed by atoms with Crippen LogP contribution in [0.4, 0.5) is 10.1 Å². The number of carbonyl (C=O) groups is 2. The van der Waals surface area contributed by atoms with E-state index >= 15 is 0 Å². The van der Waals surface area contributed by atoms with Crippen molar-refractivity contribution >= 4 is 18.1 Å². The summed E-state index contributed by atoms with van der Waals surface area (Å²) >= 11 is 0. The third-order valence-electron chi connectivity index (χ3n) is 5.19. The third-order valence-corrected chi connectivity index (χ3v) is 5.19. The minimum Gasteiger partial charge on any atom is -0.495 e. The smallest absolute Gasteiger partial charge is 0.354 e. The predicted octanol–water partition coefficient (Wildman–Crippen LogP) is 4.70. The van der Waals surface area contributed by atoms with Gasteiger partial charge in [-0.15, -0.1) is 0 Å². The molecule has 3 aromatic rings. The van der Waals surface area contributed by atoms with Crippen molar-refractivity contribution in [2.75, 3.05) is 12.0 Å². The van der Waals surface area contributed by atoms with Gasteiger partial charge in [-0.05, 0) is 24.6 Å². The highest BCUT2D eigenvalue weighted by Gasteiger charge is 2.24. The van der Waals surface area contributed by atoms with Gasteiger partial charge in [0.25, 0.3) is 0 Å². The molecule has 0 atom stereocenters. The zero-order valence-corrected chi connectivity index (χ0v) is 18.5. The Labute approximate surface area is 186 Å². The Hall–Kier alpha value is -3.68. The second kappa shape index (κ2) is 9.64. The summed E-state index contributed by atoms with van der Waals surface area (Å²) in [6.07, 6.45) is 0.617. The highest BCUT2D eigenvalue weighted by atomic mass is 19.1. The van der Waals surface area contributed by atoms with Crippen LogP contribution in [0.5, 0.6) is 5.75 Å². The number of benzene rings is 2. The van der Waals surface area contributed by atoms with Crippen LogP contribution >= 0.6 is 0 Å². The molecule has 1 amide bonds. The third kappa shape index (κ3) is 4.49. The maximum absolute atomic E-state index is 13.7. The number of nitrogens with zero attached hydrogens (tertiary/aromatic N) is 3. The summed E-state index contributed by atoms with van der Waals surface area (Å²) in [6.45, 7) is 6.53. The molecule has 0 aliphatic rings. The lowest BCUT2D eigenvalue weighted by Crippen LogP contribution is -2.21. The van der Waals surface area contributed by atoms with Gasteiger partial charge in [0.1, 0.15) is 23.1 Å². The molecule has 0 aliphatic carbocycles. The maximum atomic E-state index is 13.7. The van der Waals surface area contributed by atoms with Gasteiger partial charge in [-0.25, -0.2) is 14.2 Å². The first-order valence-corrected chi connectivity index (χ1v) is 10.3. The quantitative estimate of drug-likeness (QED) is 0.489. The lowest BCUT2D eigenvalue weighted by molar-refractivity contribution is -0.107. The number of ether oxygens (including phenoxy) is 1. The van der Waals surface area contributed by atoms with E-state index in [1.54, 1.807) is 28.8 Å². The number of carbonyl (C=O) groups excluding carboxylic acids is 1. The Morgan fingerprint density at radius 3 is 2.47 bits per heavy atom. The number of anilines is 1. The summed E-state index contributed by atoms with van der Waals surface area (Å²) < 4.78 is 20.7. The first-order valence-electron chi connectivity index (χ1n) is 10.3. The van der Waals surface area contributed by atoms with Crippen molar-refractivity contribution in [2.24, 2.45) is 0 Å². The molecule has 0 saturated heterocycles. The van der Waals surface area contributed by atoms with E-state index in [0.717, 1.165) is 5.56 Å². The van der Waals surface area contributed by atoms with E-state index in [-0.39, 0.29) is 18.2 Å². The molecule has 0 saturated carbocycles. The van der Waals surface area contributed by atoms with Gasteiger partial charge >= 0.3 is 5.97 Å². The van der Waals surface area contributed by atoms with Crippen LogP contribution in [0.15, 0.2) is 42.5 Å². The second-order valence-electron chi connectivity index (χ2n) is 7.62. The van der Waals surface area contributed by atoms with E-state index in [1.165, 1.54) is 30.2 Å². The molecule has 0 aliphatic heterocycles. The summed E-state index contributed by atoms with van der Waals surface area (Å²) in [5.41, 5.74) is 2.34. The molecule has 1 heterocycles. The van der Waals surface area contributed by atoms with E-state index in [4.69, 9.17) is 4.74 Å². The van der Waals surface area contributed by atoms with Crippen LogP contribution < -0.4 is 9.64 Å². The number of hydrogen-bond acceptors (Lipinski definition) is 4. The van der Waals surface area contributed by atoms with Crippen molar-refractivity contribution in [2.45, 2.75) is 39.8 Å². The Morgan fingerprint density at radius 1 is 1.25 bits per heavy atom. The van der Waals surface area contributed by atoms with Crippen molar-refractivity contribution in [3.63, 3.8) is 0 Å². The predicted molar refractivity (Wildman–Crippen MR) is 120 cm³/mol. The number of halogens is 1. The van der Waals surface area contributed by atoms with Crippen LogP contribution in [0.2, 0.25) is 0 Å². The van der Waals surface area contributed by atoms with E-state index in [9.17, 15) is 19.1 Å². The fourth-order valence-electron chi connectivity index (χ4n) is 3.68. The molecule has 168 valence electrons. The van der Waals surface area contributed by atoms with Crippen LogP contribution in [0.25, 0.3) is 11.3 Å². The van der Waals surface area contributed by atoms with Gasteiger partial charge in [-0.1, -0.05) is 38.1 Å². The average Bonchev–Trinajstić information content (AvgIpc) is 3.18. The minimum atomic E-state index is -1.03. The van der Waals surface area contributed by atoms with Crippen molar-refractivity contribution < 1.29 is 23.8 Å². The summed E-state index contributed by atoms with van der Waals surface area (Å²) in [5, 5.41) is 9.79. The molecule has 8 heteroatoms. The Kier molecular flexibility index (Phi) is 6.92. The van der Waals surface area contributed by atoms with Crippen LogP contribution in [-0.4, -0.2) is 34.1 Å². The minimum absolute atomic E-state index is 0.0727. The summed E-state index contributed by atoms with van der Waals surface area (Å²) in [4.78, 5) is 29.6. The Bertz CT molecular complexity index is 1120. The van der Waals surface area contributed by atoms with Crippen molar-refractivity contribution in [1.29, 1.82) is 0 Å². The van der Waals surface area contributed by atoms with Gasteiger partial charge < -0.3 is 19.3 Å². The summed E-state index contributed by atoms with van der Waals surface area (Å²) in [7, 11) is 1.45. The molecule has 7 nitrogen and oxygen atoms in total. The zero-order valence-electron chi connectivity index (χ0n) is 18.5. The van der Waals surface area contributed by atoms with Crippen molar-refractivity contribution in [1.82, 2.24) is 9.55 Å². The van der Waals surface area contributed by atoms with Gasteiger partial charge in [0.05, 0.1) is 19.3 Å². The number of carboxylic acid groups (broad SMARTS) is 1. The Balaban J connectivity index is 1.94. The van der Waals surface area contributed by atoms with Gasteiger partial charge in [0.15, 0.2) is 5.69 Å². The van der Waals surface area contributed by atoms with Crippen molar-refractivity contribution in [3.05, 3.63) is 65.4 Å². The number of aromatic nitrogens is 2. The van der Waals surface area contributed by atoms with Gasteiger partial charge in [0.2, 0.25) is 6.41 Å². The summed E-state index contributed by atoms with van der Waals surface area (Å²) in [5.74, 6) is -0.336. The second-order valence-corrected chi connectivity index (χ2v) is 7.62.